The van der Waals surface area contributed by atoms with Gasteiger partial charge in [0.15, 0.2) is 0 Å². The number of fused-ring (bicyclic) bond motifs is 3. The fourth-order valence-corrected chi connectivity index (χ4v) is 25.0. The van der Waals surface area contributed by atoms with Gasteiger partial charge in [-0.25, -0.2) is 0 Å². The summed E-state index contributed by atoms with van der Waals surface area (Å²) in [7, 11) is -1.33. The van der Waals surface area contributed by atoms with Crippen LogP contribution in [-0.2, 0) is 76.2 Å². The molecule has 2 saturated heterocycles. The van der Waals surface area contributed by atoms with Crippen molar-refractivity contribution in [3.63, 3.8) is 0 Å². The van der Waals surface area contributed by atoms with Crippen molar-refractivity contribution in [2.45, 2.75) is 226 Å². The van der Waals surface area contributed by atoms with E-state index in [1.807, 2.05) is 41.5 Å². The number of epoxide rings is 2. The number of ether oxygens (including phenoxy) is 3. The molecule has 6 saturated carbocycles. The molecule has 498 valence electrons. The van der Waals surface area contributed by atoms with Crippen LogP contribution in [0.3, 0.4) is 0 Å². The standard InChI is InChI=1S/C15H30O3Si.C14H28O2Si.C12H26O4Si.C12H24O3Si.C9H20O5Si/c1-4-16-19(17-5-2,18-6-3)10-9-13-7-8-14-12-15(14)11-13;1-4-15-17(3,16-5-2)9-8-12-6-7-13-11-14(13)10-12;1-4-14-17(15-5-2,16-6-3)10-8-7-9-12-11-13-12;1-13-16(14-2,15-3)7-6-10-4-5-11-9-12(11)8-10;1-10-15(11-2,12-3)6-4-5-13-7-9-8-14-9/h13-15H,4-12H2,1-3H3;12-14H,4-11H2,1-3H3;12H,4-11H2,1-3H3;10-12H,4-9H2,1-3H3;9H,4-8H2,1-3H3. The van der Waals surface area contributed by atoms with Gasteiger partial charge in [-0.1, -0.05) is 25.7 Å². The van der Waals surface area contributed by atoms with Crippen LogP contribution in [0.15, 0.2) is 0 Å². The Bertz CT molecular complexity index is 1600. The SMILES string of the molecule is CCO[Si](C)(CCC1CCC2CC2C1)OCC.CCO[Si](CCC1CCC2CC2C1)(OCC)OCC.CCO[Si](CCCCC1CO1)(OCC)OCC.CO[Si](CCC1CCC2CC2C1)(OC)OC.CO[Si](CCCOCC1CO1)(OC)OC. The maximum Gasteiger partial charge on any atom is 0.500 e. The van der Waals surface area contributed by atoms with Gasteiger partial charge in [-0.2, -0.15) is 0 Å². The molecule has 11 unspecified atom stereocenters. The number of unbranched alkanes of at least 4 members (excludes halogenated alkanes) is 1. The van der Waals surface area contributed by atoms with Crippen molar-refractivity contribution in [2.75, 3.05) is 122 Å². The largest absolute Gasteiger partial charge is 0.500 e. The zero-order chi connectivity index (χ0) is 61.3. The molecule has 0 bridgehead atoms. The highest BCUT2D eigenvalue weighted by atomic mass is 28.4. The molecule has 6 aliphatic carbocycles. The molecule has 0 N–H and O–H groups in total. The lowest BCUT2D eigenvalue weighted by molar-refractivity contribution is 0.0686. The lowest BCUT2D eigenvalue weighted by Gasteiger charge is -2.30. The molecule has 17 nitrogen and oxygen atoms in total. The molecule has 0 spiro atoms. The average molecular weight is 1290 g/mol. The van der Waals surface area contributed by atoms with E-state index >= 15 is 0 Å². The topological polar surface area (TPSA) is 164 Å². The maximum atomic E-state index is 5.93. The van der Waals surface area contributed by atoms with E-state index in [-0.39, 0.29) is 0 Å². The van der Waals surface area contributed by atoms with Crippen LogP contribution in [0.5, 0.6) is 0 Å². The summed E-state index contributed by atoms with van der Waals surface area (Å²) in [6, 6.07) is 4.87. The highest BCUT2D eigenvalue weighted by Gasteiger charge is 2.47. The maximum absolute atomic E-state index is 5.93. The molecule has 0 aromatic heterocycles. The minimum absolute atomic E-state index is 0.333. The second-order valence-corrected chi connectivity index (χ2v) is 39.8. The van der Waals surface area contributed by atoms with Gasteiger partial charge in [0.1, 0.15) is 6.10 Å². The van der Waals surface area contributed by atoms with Gasteiger partial charge >= 0.3 is 43.8 Å². The Morgan fingerprint density at radius 3 is 1.01 bits per heavy atom. The van der Waals surface area contributed by atoms with Crippen LogP contribution in [0.4, 0.5) is 0 Å². The Morgan fingerprint density at radius 1 is 0.333 bits per heavy atom. The first kappa shape index (κ1) is 76.9. The van der Waals surface area contributed by atoms with E-state index in [2.05, 4.69) is 20.4 Å². The molecule has 8 aliphatic rings. The Morgan fingerprint density at radius 2 is 0.667 bits per heavy atom. The summed E-state index contributed by atoms with van der Waals surface area (Å²) in [6.07, 6.45) is 26.6. The quantitative estimate of drug-likeness (QED) is 0.0322. The first-order chi connectivity index (χ1) is 40.6. The summed E-state index contributed by atoms with van der Waals surface area (Å²) in [5, 5.41) is 0. The monoisotopic (exact) mass is 1280 g/mol. The zero-order valence-electron chi connectivity index (χ0n) is 56.2. The summed E-state index contributed by atoms with van der Waals surface area (Å²) in [5.74, 6) is 9.24. The molecule has 8 fully saturated rings. The molecule has 2 heterocycles. The second-order valence-electron chi connectivity index (χ2n) is 24.8. The van der Waals surface area contributed by atoms with Crippen LogP contribution < -0.4 is 0 Å². The second kappa shape index (κ2) is 41.8. The van der Waals surface area contributed by atoms with Gasteiger partial charge in [-0.15, -0.1) is 0 Å². The predicted octanol–water partition coefficient (Wildman–Crippen LogP) is 13.8. The van der Waals surface area contributed by atoms with E-state index in [9.17, 15) is 0 Å². The van der Waals surface area contributed by atoms with Crippen molar-refractivity contribution in [2.24, 2.45) is 53.3 Å². The average Bonchev–Trinajstić information content (AvgIpc) is 4.03. The zero-order valence-corrected chi connectivity index (χ0v) is 61.2. The highest BCUT2D eigenvalue weighted by Crippen LogP contribution is 2.54. The van der Waals surface area contributed by atoms with E-state index in [4.69, 9.17) is 76.2 Å². The minimum Gasteiger partial charge on any atom is -0.395 e. The van der Waals surface area contributed by atoms with Crippen molar-refractivity contribution in [1.82, 2.24) is 0 Å². The van der Waals surface area contributed by atoms with Gasteiger partial charge in [0.2, 0.25) is 0 Å². The molecule has 0 radical (unpaired) electrons. The number of hydrogen-bond acceptors (Lipinski definition) is 17. The third kappa shape index (κ3) is 29.3. The molecule has 84 heavy (non-hydrogen) atoms. The lowest BCUT2D eigenvalue weighted by Crippen LogP contribution is -2.46. The molecule has 0 amide bonds. The van der Waals surface area contributed by atoms with Gasteiger partial charge < -0.3 is 76.2 Å². The minimum atomic E-state index is -2.39. The highest BCUT2D eigenvalue weighted by molar-refractivity contribution is 6.66. The molecule has 2 aliphatic heterocycles. The Balaban J connectivity index is 0.000000226. The number of rotatable bonds is 42. The van der Waals surface area contributed by atoms with E-state index in [1.165, 1.54) is 109 Å². The Hall–Kier alpha value is 0.404. The third-order valence-corrected chi connectivity index (χ3v) is 33.6. The van der Waals surface area contributed by atoms with Gasteiger partial charge in [0.25, 0.3) is 0 Å². The van der Waals surface area contributed by atoms with Crippen molar-refractivity contribution in [3.05, 3.63) is 0 Å². The first-order valence-corrected chi connectivity index (χ1v) is 44.1. The summed E-state index contributed by atoms with van der Waals surface area (Å²) < 4.78 is 94.9. The smallest absolute Gasteiger partial charge is 0.395 e. The van der Waals surface area contributed by atoms with Gasteiger partial charge in [-0.3, -0.25) is 0 Å². The molecule has 22 heteroatoms. The summed E-state index contributed by atoms with van der Waals surface area (Å²) in [6.45, 7) is 27.4. The van der Waals surface area contributed by atoms with E-state index < -0.39 is 43.8 Å². The van der Waals surface area contributed by atoms with Gasteiger partial charge in [0.05, 0.1) is 25.9 Å². The predicted molar refractivity (Wildman–Crippen MR) is 343 cm³/mol. The van der Waals surface area contributed by atoms with Crippen molar-refractivity contribution < 1.29 is 76.2 Å². The van der Waals surface area contributed by atoms with Crippen molar-refractivity contribution >= 4 is 43.8 Å². The van der Waals surface area contributed by atoms with E-state index in [0.717, 1.165) is 123 Å². The van der Waals surface area contributed by atoms with Crippen molar-refractivity contribution in [1.29, 1.82) is 0 Å². The van der Waals surface area contributed by atoms with E-state index in [1.54, 1.807) is 42.7 Å². The third-order valence-electron chi connectivity index (χ3n) is 18.8. The van der Waals surface area contributed by atoms with Gasteiger partial charge in [0, 0.05) is 126 Å². The summed E-state index contributed by atoms with van der Waals surface area (Å²) >= 11 is 0. The van der Waals surface area contributed by atoms with Crippen LogP contribution in [0.1, 0.15) is 177 Å². The fourth-order valence-electron chi connectivity index (χ4n) is 13.5. The molecular weight excluding hydrogens is 1160 g/mol. The summed E-state index contributed by atoms with van der Waals surface area (Å²) in [4.78, 5) is 0. The van der Waals surface area contributed by atoms with Crippen LogP contribution in [0, 0.1) is 53.3 Å². The fraction of sp³-hybridized carbons (Fsp3) is 1.00. The Kier molecular flexibility index (Phi) is 38.2. The normalized spacial score (nSPS) is 27.4. The van der Waals surface area contributed by atoms with Crippen LogP contribution in [0.2, 0.25) is 36.8 Å². The Labute approximate surface area is 519 Å². The van der Waals surface area contributed by atoms with E-state index in [0.29, 0.717) is 65.1 Å². The number of hydrogen-bond donors (Lipinski definition) is 0. The molecular formula is C62H128O17Si5. The molecule has 8 rings (SSSR count). The first-order valence-electron chi connectivity index (χ1n) is 33.9. The summed E-state index contributed by atoms with van der Waals surface area (Å²) in [5.41, 5.74) is 0. The van der Waals surface area contributed by atoms with Crippen LogP contribution in [0.25, 0.3) is 0 Å². The van der Waals surface area contributed by atoms with Crippen LogP contribution in [-0.4, -0.2) is 178 Å². The van der Waals surface area contributed by atoms with Gasteiger partial charge in [-0.05, 0) is 218 Å². The molecule has 11 atom stereocenters. The van der Waals surface area contributed by atoms with Crippen LogP contribution >= 0.6 is 0 Å². The lowest BCUT2D eigenvalue weighted by atomic mass is 9.87. The molecule has 0 aromatic rings. The molecule has 0 aromatic carbocycles. The van der Waals surface area contributed by atoms with Crippen molar-refractivity contribution in [3.8, 4) is 0 Å².